The first kappa shape index (κ1) is 23.5. The van der Waals surface area contributed by atoms with Crippen LogP contribution in [0.1, 0.15) is 28.4 Å². The lowest BCUT2D eigenvalue weighted by molar-refractivity contribution is -0.116. The fraction of sp³-hybridized carbons (Fsp3) is 0.154. The summed E-state index contributed by atoms with van der Waals surface area (Å²) in [6.07, 6.45) is 3.13. The molecule has 3 aromatic carbocycles. The molecule has 0 aliphatic rings. The van der Waals surface area contributed by atoms with Gasteiger partial charge in [-0.2, -0.15) is 0 Å². The zero-order valence-corrected chi connectivity index (χ0v) is 18.4. The summed E-state index contributed by atoms with van der Waals surface area (Å²) in [6.45, 7) is 2.67. The van der Waals surface area contributed by atoms with E-state index in [1.165, 1.54) is 30.3 Å². The Kier molecular flexibility index (Phi) is 8.18. The number of rotatable bonds is 9. The summed E-state index contributed by atoms with van der Waals surface area (Å²) in [7, 11) is 1.57. The number of anilines is 1. The number of halogens is 1. The first-order valence-electron chi connectivity index (χ1n) is 10.4. The monoisotopic (exact) mass is 448 g/mol. The van der Waals surface area contributed by atoms with Gasteiger partial charge < -0.3 is 20.1 Å². The molecule has 2 amide bonds. The third kappa shape index (κ3) is 6.93. The molecule has 3 aromatic rings. The Bertz CT molecular complexity index is 1160. The molecule has 170 valence electrons. The minimum Gasteiger partial charge on any atom is -0.493 e. The van der Waals surface area contributed by atoms with Crippen LogP contribution in [0.5, 0.6) is 11.5 Å². The molecule has 6 nitrogen and oxygen atoms in total. The fourth-order valence-corrected chi connectivity index (χ4v) is 3.08. The molecule has 0 spiro atoms. The molecule has 0 fully saturated rings. The minimum absolute atomic E-state index is 0.227. The van der Waals surface area contributed by atoms with E-state index in [4.69, 9.17) is 9.47 Å². The highest BCUT2D eigenvalue weighted by Crippen LogP contribution is 2.28. The van der Waals surface area contributed by atoms with Gasteiger partial charge in [0.15, 0.2) is 11.5 Å². The maximum absolute atomic E-state index is 13.3. The lowest BCUT2D eigenvalue weighted by Gasteiger charge is -2.09. The van der Waals surface area contributed by atoms with Crippen LogP contribution in [-0.2, 0) is 11.3 Å². The summed E-state index contributed by atoms with van der Waals surface area (Å²) in [5, 5.41) is 5.54. The summed E-state index contributed by atoms with van der Waals surface area (Å²) in [4.78, 5) is 24.5. The predicted octanol–water partition coefficient (Wildman–Crippen LogP) is 4.81. The zero-order valence-electron chi connectivity index (χ0n) is 18.4. The van der Waals surface area contributed by atoms with E-state index in [0.717, 1.165) is 11.1 Å². The topological polar surface area (TPSA) is 76.7 Å². The molecule has 0 atom stereocenters. The van der Waals surface area contributed by atoms with Gasteiger partial charge in [0, 0.05) is 23.9 Å². The van der Waals surface area contributed by atoms with Crippen LogP contribution in [0.15, 0.2) is 72.8 Å². The molecule has 0 aliphatic carbocycles. The molecule has 33 heavy (non-hydrogen) atoms. The Labute approximate surface area is 192 Å². The van der Waals surface area contributed by atoms with Crippen LogP contribution in [0, 0.1) is 5.82 Å². The molecule has 0 heterocycles. The van der Waals surface area contributed by atoms with Gasteiger partial charge in [0.2, 0.25) is 5.91 Å². The number of hydrogen-bond acceptors (Lipinski definition) is 4. The second-order valence-electron chi connectivity index (χ2n) is 7.06. The van der Waals surface area contributed by atoms with E-state index >= 15 is 0 Å². The lowest BCUT2D eigenvalue weighted by Crippen LogP contribution is -2.20. The van der Waals surface area contributed by atoms with Gasteiger partial charge in [0.05, 0.1) is 13.7 Å². The number of methoxy groups -OCH3 is 1. The molecular formula is C26H25FN2O4. The van der Waals surface area contributed by atoms with Gasteiger partial charge in [0.1, 0.15) is 5.82 Å². The van der Waals surface area contributed by atoms with Crippen molar-refractivity contribution in [1.29, 1.82) is 0 Å². The Morgan fingerprint density at radius 3 is 2.58 bits per heavy atom. The largest absolute Gasteiger partial charge is 0.493 e. The Balaban J connectivity index is 1.57. The highest BCUT2D eigenvalue weighted by molar-refractivity contribution is 6.04. The minimum atomic E-state index is -0.476. The quantitative estimate of drug-likeness (QED) is 0.461. The van der Waals surface area contributed by atoms with E-state index in [0.29, 0.717) is 23.8 Å². The number of hydrogen-bond donors (Lipinski definition) is 2. The first-order chi connectivity index (χ1) is 16.0. The van der Waals surface area contributed by atoms with Crippen molar-refractivity contribution in [1.82, 2.24) is 5.32 Å². The number of carbonyl (C=O) groups is 2. The molecular weight excluding hydrogens is 423 g/mol. The van der Waals surface area contributed by atoms with Crippen molar-refractivity contribution in [2.75, 3.05) is 19.0 Å². The van der Waals surface area contributed by atoms with Gasteiger partial charge in [-0.3, -0.25) is 9.59 Å². The molecule has 0 saturated heterocycles. The van der Waals surface area contributed by atoms with Gasteiger partial charge in [0.25, 0.3) is 5.91 Å². The predicted molar refractivity (Wildman–Crippen MR) is 126 cm³/mol. The summed E-state index contributed by atoms with van der Waals surface area (Å²) >= 11 is 0. The summed E-state index contributed by atoms with van der Waals surface area (Å²) < 4.78 is 24.1. The van der Waals surface area contributed by atoms with Gasteiger partial charge in [-0.15, -0.1) is 0 Å². The summed E-state index contributed by atoms with van der Waals surface area (Å²) in [5.41, 5.74) is 2.38. The molecule has 0 radical (unpaired) electrons. The van der Waals surface area contributed by atoms with Gasteiger partial charge >= 0.3 is 0 Å². The number of carbonyl (C=O) groups excluding carboxylic acids is 2. The zero-order chi connectivity index (χ0) is 23.6. The third-order valence-corrected chi connectivity index (χ3v) is 4.65. The normalized spacial score (nSPS) is 10.6. The van der Waals surface area contributed by atoms with Crippen LogP contribution in [-0.4, -0.2) is 25.5 Å². The van der Waals surface area contributed by atoms with Gasteiger partial charge in [-0.05, 0) is 66.6 Å². The van der Waals surface area contributed by atoms with Gasteiger partial charge in [-0.25, -0.2) is 4.39 Å². The third-order valence-electron chi connectivity index (χ3n) is 4.65. The smallest absolute Gasteiger partial charge is 0.255 e. The SMILES string of the molecule is CCOc1cc(C=CC(=O)NCc2cccc(NC(=O)c3cccc(F)c3)c2)ccc1OC. The standard InChI is InChI=1S/C26H25FN2O4/c1-3-33-24-15-18(10-12-23(24)32-2)11-13-25(30)28-17-19-6-4-9-22(14-19)29-26(31)20-7-5-8-21(27)16-20/h4-16H,3,17H2,1-2H3,(H,28,30)(H,29,31). The van der Waals surface area contributed by atoms with E-state index in [1.807, 2.05) is 19.1 Å². The highest BCUT2D eigenvalue weighted by atomic mass is 19.1. The average molecular weight is 448 g/mol. The Morgan fingerprint density at radius 2 is 1.82 bits per heavy atom. The van der Waals surface area contributed by atoms with E-state index in [-0.39, 0.29) is 18.0 Å². The van der Waals surface area contributed by atoms with Crippen molar-refractivity contribution in [2.45, 2.75) is 13.5 Å². The second-order valence-corrected chi connectivity index (χ2v) is 7.06. The van der Waals surface area contributed by atoms with Crippen LogP contribution in [0.3, 0.4) is 0 Å². The maximum atomic E-state index is 13.3. The number of ether oxygens (including phenoxy) is 2. The Morgan fingerprint density at radius 1 is 1.00 bits per heavy atom. The second kappa shape index (κ2) is 11.5. The molecule has 3 rings (SSSR count). The van der Waals surface area contributed by atoms with Crippen molar-refractivity contribution in [3.63, 3.8) is 0 Å². The van der Waals surface area contributed by atoms with E-state index in [2.05, 4.69) is 10.6 Å². The van der Waals surface area contributed by atoms with Crippen molar-refractivity contribution in [3.05, 3.63) is 95.3 Å². The van der Waals surface area contributed by atoms with Crippen LogP contribution >= 0.6 is 0 Å². The van der Waals surface area contributed by atoms with Crippen molar-refractivity contribution < 1.29 is 23.5 Å². The highest BCUT2D eigenvalue weighted by Gasteiger charge is 2.08. The number of amides is 2. The van der Waals surface area contributed by atoms with Gasteiger partial charge in [-0.1, -0.05) is 24.3 Å². The average Bonchev–Trinajstić information content (AvgIpc) is 2.82. The molecule has 0 saturated carbocycles. The van der Waals surface area contributed by atoms with E-state index in [9.17, 15) is 14.0 Å². The van der Waals surface area contributed by atoms with Crippen molar-refractivity contribution in [3.8, 4) is 11.5 Å². The van der Waals surface area contributed by atoms with Crippen LogP contribution in [0.25, 0.3) is 6.08 Å². The maximum Gasteiger partial charge on any atom is 0.255 e. The summed E-state index contributed by atoms with van der Waals surface area (Å²) in [5.74, 6) is 0.0842. The molecule has 0 bridgehead atoms. The van der Waals surface area contributed by atoms with Crippen molar-refractivity contribution in [2.24, 2.45) is 0 Å². The molecule has 2 N–H and O–H groups in total. The first-order valence-corrected chi connectivity index (χ1v) is 10.4. The fourth-order valence-electron chi connectivity index (χ4n) is 3.08. The molecule has 7 heteroatoms. The number of benzene rings is 3. The van der Waals surface area contributed by atoms with Crippen LogP contribution < -0.4 is 20.1 Å². The Hall–Kier alpha value is -4.13. The number of nitrogens with one attached hydrogen (secondary N) is 2. The van der Waals surface area contributed by atoms with Crippen LogP contribution in [0.2, 0.25) is 0 Å². The molecule has 0 unspecified atom stereocenters. The molecule has 0 aromatic heterocycles. The molecule has 0 aliphatic heterocycles. The van der Waals surface area contributed by atoms with E-state index in [1.54, 1.807) is 43.5 Å². The van der Waals surface area contributed by atoms with E-state index < -0.39 is 11.7 Å². The lowest BCUT2D eigenvalue weighted by atomic mass is 10.1. The summed E-state index contributed by atoms with van der Waals surface area (Å²) in [6, 6.07) is 18.0. The van der Waals surface area contributed by atoms with Crippen LogP contribution in [0.4, 0.5) is 10.1 Å². The van der Waals surface area contributed by atoms with Crippen molar-refractivity contribution >= 4 is 23.6 Å².